The second-order valence-corrected chi connectivity index (χ2v) is 6.91. The molecule has 0 bridgehead atoms. The van der Waals surface area contributed by atoms with Crippen LogP contribution in [0.2, 0.25) is 0 Å². The summed E-state index contributed by atoms with van der Waals surface area (Å²) in [5.74, 6) is 2.12. The van der Waals surface area contributed by atoms with Crippen LogP contribution in [-0.4, -0.2) is 36.5 Å². The molecule has 0 radical (unpaired) electrons. The van der Waals surface area contributed by atoms with Crippen LogP contribution in [0.5, 0.6) is 0 Å². The molecule has 1 aliphatic heterocycles. The number of hydrogen-bond acceptors (Lipinski definition) is 2. The zero-order chi connectivity index (χ0) is 14.4. The molecule has 0 aromatic heterocycles. The van der Waals surface area contributed by atoms with Gasteiger partial charge in [-0.1, -0.05) is 41.0 Å². The quantitative estimate of drug-likeness (QED) is 0.803. The Bertz CT molecular complexity index is 276. The Balaban J connectivity index is 2.54. The Morgan fingerprint density at radius 1 is 1.21 bits per heavy atom. The molecule has 1 N–H and O–H groups in total. The van der Waals surface area contributed by atoms with Crippen molar-refractivity contribution in [1.29, 1.82) is 0 Å². The number of piperidine rings is 1. The largest absolute Gasteiger partial charge is 0.341 e. The van der Waals surface area contributed by atoms with Crippen LogP contribution in [0.1, 0.15) is 53.9 Å². The Morgan fingerprint density at radius 3 is 2.42 bits per heavy atom. The number of hydrogen-bond donors (Lipinski definition) is 1. The van der Waals surface area contributed by atoms with Crippen molar-refractivity contribution in [1.82, 2.24) is 10.2 Å². The van der Waals surface area contributed by atoms with Gasteiger partial charge >= 0.3 is 0 Å². The van der Waals surface area contributed by atoms with Crippen LogP contribution in [0.3, 0.4) is 0 Å². The van der Waals surface area contributed by atoms with Crippen LogP contribution in [-0.2, 0) is 4.79 Å². The van der Waals surface area contributed by atoms with Gasteiger partial charge in [0.25, 0.3) is 0 Å². The highest BCUT2D eigenvalue weighted by Gasteiger charge is 2.28. The van der Waals surface area contributed by atoms with E-state index in [0.29, 0.717) is 36.1 Å². The summed E-state index contributed by atoms with van der Waals surface area (Å²) in [6.45, 7) is 13.8. The second-order valence-electron chi connectivity index (χ2n) is 6.91. The van der Waals surface area contributed by atoms with Gasteiger partial charge in [-0.2, -0.15) is 0 Å². The fraction of sp³-hybridized carbons (Fsp3) is 0.938. The molecule has 0 aliphatic carbocycles. The SMILES string of the molecule is CCC1CC(NCC(C)C)CN(C(=O)CC(C)C)C1. The van der Waals surface area contributed by atoms with Crippen LogP contribution in [0, 0.1) is 17.8 Å². The molecule has 3 heteroatoms. The summed E-state index contributed by atoms with van der Waals surface area (Å²) in [6, 6.07) is 0.484. The number of amides is 1. The van der Waals surface area contributed by atoms with Crippen LogP contribution in [0.15, 0.2) is 0 Å². The first-order valence-electron chi connectivity index (χ1n) is 7.93. The molecule has 1 heterocycles. The predicted molar refractivity (Wildman–Crippen MR) is 81.1 cm³/mol. The number of carbonyl (C=O) groups is 1. The summed E-state index contributed by atoms with van der Waals surface area (Å²) in [5.41, 5.74) is 0. The van der Waals surface area contributed by atoms with Gasteiger partial charge in [-0.25, -0.2) is 0 Å². The van der Waals surface area contributed by atoms with E-state index < -0.39 is 0 Å². The number of nitrogens with zero attached hydrogens (tertiary/aromatic N) is 1. The highest BCUT2D eigenvalue weighted by Crippen LogP contribution is 2.21. The Labute approximate surface area is 119 Å². The highest BCUT2D eigenvalue weighted by molar-refractivity contribution is 5.76. The van der Waals surface area contributed by atoms with Crippen molar-refractivity contribution in [3.63, 3.8) is 0 Å². The van der Waals surface area contributed by atoms with E-state index in [1.807, 2.05) is 0 Å². The van der Waals surface area contributed by atoms with Crippen molar-refractivity contribution < 1.29 is 4.79 Å². The Kier molecular flexibility index (Phi) is 6.84. The maximum atomic E-state index is 12.3. The van der Waals surface area contributed by atoms with Crippen molar-refractivity contribution in [3.8, 4) is 0 Å². The van der Waals surface area contributed by atoms with E-state index >= 15 is 0 Å². The molecule has 1 amide bonds. The number of carbonyl (C=O) groups excluding carboxylic acids is 1. The molecule has 112 valence electrons. The summed E-state index contributed by atoms with van der Waals surface area (Å²) in [5, 5.41) is 3.63. The maximum Gasteiger partial charge on any atom is 0.222 e. The van der Waals surface area contributed by atoms with Gasteiger partial charge in [0.05, 0.1) is 0 Å². The van der Waals surface area contributed by atoms with E-state index in [0.717, 1.165) is 19.6 Å². The molecule has 0 aromatic carbocycles. The third kappa shape index (κ3) is 5.94. The first-order valence-corrected chi connectivity index (χ1v) is 7.93. The third-order valence-electron chi connectivity index (χ3n) is 3.86. The minimum absolute atomic E-state index is 0.337. The minimum Gasteiger partial charge on any atom is -0.341 e. The van der Waals surface area contributed by atoms with E-state index in [-0.39, 0.29) is 0 Å². The van der Waals surface area contributed by atoms with E-state index in [2.05, 4.69) is 44.8 Å². The van der Waals surface area contributed by atoms with E-state index in [4.69, 9.17) is 0 Å². The fourth-order valence-corrected chi connectivity index (χ4v) is 2.73. The Hall–Kier alpha value is -0.570. The van der Waals surface area contributed by atoms with Crippen molar-refractivity contribution in [2.75, 3.05) is 19.6 Å². The van der Waals surface area contributed by atoms with Gasteiger partial charge in [0, 0.05) is 25.6 Å². The third-order valence-corrected chi connectivity index (χ3v) is 3.86. The highest BCUT2D eigenvalue weighted by atomic mass is 16.2. The second kappa shape index (κ2) is 7.88. The summed E-state index contributed by atoms with van der Waals surface area (Å²) in [7, 11) is 0. The fourth-order valence-electron chi connectivity index (χ4n) is 2.73. The average molecular weight is 268 g/mol. The predicted octanol–water partition coefficient (Wildman–Crippen LogP) is 2.91. The smallest absolute Gasteiger partial charge is 0.222 e. The van der Waals surface area contributed by atoms with Gasteiger partial charge in [0.2, 0.25) is 5.91 Å². The van der Waals surface area contributed by atoms with E-state index in [9.17, 15) is 4.79 Å². The topological polar surface area (TPSA) is 32.3 Å². The van der Waals surface area contributed by atoms with Crippen LogP contribution >= 0.6 is 0 Å². The lowest BCUT2D eigenvalue weighted by molar-refractivity contribution is -0.134. The lowest BCUT2D eigenvalue weighted by Crippen LogP contribution is -2.51. The first-order chi connectivity index (χ1) is 8.92. The van der Waals surface area contributed by atoms with Gasteiger partial charge in [0.15, 0.2) is 0 Å². The van der Waals surface area contributed by atoms with Gasteiger partial charge in [-0.15, -0.1) is 0 Å². The summed E-state index contributed by atoms with van der Waals surface area (Å²) >= 11 is 0. The molecule has 2 atom stereocenters. The molecular weight excluding hydrogens is 236 g/mol. The monoisotopic (exact) mass is 268 g/mol. The molecule has 0 saturated carbocycles. The maximum absolute atomic E-state index is 12.3. The molecule has 0 spiro atoms. The Morgan fingerprint density at radius 2 is 1.89 bits per heavy atom. The minimum atomic E-state index is 0.337. The number of rotatable bonds is 6. The standard InChI is InChI=1S/C16H32N2O/c1-6-14-8-15(17-9-13(4)5)11-18(10-14)16(19)7-12(2)3/h12-15,17H,6-11H2,1-5H3. The molecule has 1 aliphatic rings. The molecule has 3 nitrogen and oxygen atoms in total. The average Bonchev–Trinajstić information content (AvgIpc) is 2.35. The number of likely N-dealkylation sites (tertiary alicyclic amines) is 1. The normalized spacial score (nSPS) is 24.3. The van der Waals surface area contributed by atoms with Crippen LogP contribution < -0.4 is 5.32 Å². The summed E-state index contributed by atoms with van der Waals surface area (Å²) in [6.07, 6.45) is 3.08. The molecule has 1 saturated heterocycles. The van der Waals surface area contributed by atoms with Crippen LogP contribution in [0.25, 0.3) is 0 Å². The van der Waals surface area contributed by atoms with Crippen molar-refractivity contribution in [3.05, 3.63) is 0 Å². The molecule has 2 unspecified atom stereocenters. The zero-order valence-electron chi connectivity index (χ0n) is 13.4. The zero-order valence-corrected chi connectivity index (χ0v) is 13.4. The van der Waals surface area contributed by atoms with Gasteiger partial charge < -0.3 is 10.2 Å². The summed E-state index contributed by atoms with van der Waals surface area (Å²) < 4.78 is 0. The lowest BCUT2D eigenvalue weighted by atomic mass is 9.91. The summed E-state index contributed by atoms with van der Waals surface area (Å²) in [4.78, 5) is 14.3. The van der Waals surface area contributed by atoms with Crippen molar-refractivity contribution in [2.45, 2.75) is 59.9 Å². The van der Waals surface area contributed by atoms with Crippen molar-refractivity contribution >= 4 is 5.91 Å². The molecule has 1 fully saturated rings. The van der Waals surface area contributed by atoms with Gasteiger partial charge in [-0.3, -0.25) is 4.79 Å². The van der Waals surface area contributed by atoms with Gasteiger partial charge in [0.1, 0.15) is 0 Å². The molecular formula is C16H32N2O. The lowest BCUT2D eigenvalue weighted by Gasteiger charge is -2.38. The first kappa shape index (κ1) is 16.5. The molecule has 0 aromatic rings. The molecule has 19 heavy (non-hydrogen) atoms. The van der Waals surface area contributed by atoms with Crippen LogP contribution in [0.4, 0.5) is 0 Å². The van der Waals surface area contributed by atoms with Crippen molar-refractivity contribution in [2.24, 2.45) is 17.8 Å². The molecule has 1 rings (SSSR count). The van der Waals surface area contributed by atoms with E-state index in [1.165, 1.54) is 12.8 Å². The van der Waals surface area contributed by atoms with E-state index in [1.54, 1.807) is 0 Å². The van der Waals surface area contributed by atoms with Gasteiger partial charge in [-0.05, 0) is 30.7 Å². The number of nitrogens with one attached hydrogen (secondary N) is 1.